The van der Waals surface area contributed by atoms with Gasteiger partial charge in [0.05, 0.1) is 11.2 Å². The summed E-state index contributed by atoms with van der Waals surface area (Å²) in [7, 11) is 0. The van der Waals surface area contributed by atoms with Crippen LogP contribution in [0.15, 0.2) is 65.6 Å². The van der Waals surface area contributed by atoms with Gasteiger partial charge in [-0.05, 0) is 24.1 Å². The van der Waals surface area contributed by atoms with Gasteiger partial charge in [0.15, 0.2) is 0 Å². The monoisotopic (exact) mass is 327 g/mol. The molecule has 0 spiro atoms. The lowest BCUT2D eigenvalue weighted by Gasteiger charge is -2.37. The van der Waals surface area contributed by atoms with Crippen molar-refractivity contribution in [2.45, 2.75) is 22.5 Å². The van der Waals surface area contributed by atoms with Gasteiger partial charge in [0, 0.05) is 15.7 Å². The van der Waals surface area contributed by atoms with Gasteiger partial charge in [-0.25, -0.2) is 0 Å². The van der Waals surface area contributed by atoms with Crippen LogP contribution in [0.25, 0.3) is 0 Å². The van der Waals surface area contributed by atoms with Crippen molar-refractivity contribution >= 4 is 17.5 Å². The molecule has 23 heavy (non-hydrogen) atoms. The van der Waals surface area contributed by atoms with Crippen molar-refractivity contribution in [3.05, 3.63) is 76.3 Å². The first kappa shape index (κ1) is 15.7. The van der Waals surface area contributed by atoms with E-state index in [1.807, 2.05) is 60.7 Å². The first-order chi connectivity index (χ1) is 11.1. The Bertz CT molecular complexity index is 690. The van der Waals surface area contributed by atoms with Gasteiger partial charge in [-0.3, -0.25) is 14.9 Å². The average Bonchev–Trinajstić information content (AvgIpc) is 2.58. The average molecular weight is 327 g/mol. The number of hydrogen-bond donors (Lipinski definition) is 0. The Hall–Kier alpha value is -2.14. The van der Waals surface area contributed by atoms with Crippen LogP contribution in [0.4, 0.5) is 0 Å². The molecule has 1 saturated carbocycles. The fourth-order valence-corrected chi connectivity index (χ4v) is 4.24. The summed E-state index contributed by atoms with van der Waals surface area (Å²) < 4.78 is 0. The molecule has 0 N–H and O–H groups in total. The maximum atomic E-state index is 12.5. The summed E-state index contributed by atoms with van der Waals surface area (Å²) in [6.45, 7) is -0.191. The number of benzene rings is 2. The Morgan fingerprint density at radius 3 is 2.26 bits per heavy atom. The van der Waals surface area contributed by atoms with Gasteiger partial charge in [-0.15, -0.1) is 11.8 Å². The van der Waals surface area contributed by atoms with Gasteiger partial charge in [0.1, 0.15) is 5.78 Å². The van der Waals surface area contributed by atoms with E-state index in [2.05, 4.69) is 0 Å². The highest BCUT2D eigenvalue weighted by Crippen LogP contribution is 2.44. The highest BCUT2D eigenvalue weighted by atomic mass is 32.2. The summed E-state index contributed by atoms with van der Waals surface area (Å²) in [5, 5.41) is 10.9. The van der Waals surface area contributed by atoms with Crippen LogP contribution in [-0.4, -0.2) is 22.5 Å². The summed E-state index contributed by atoms with van der Waals surface area (Å²) in [5.74, 6) is -0.440. The van der Waals surface area contributed by atoms with E-state index in [1.54, 1.807) is 11.8 Å². The predicted molar refractivity (Wildman–Crippen MR) is 90.2 cm³/mol. The van der Waals surface area contributed by atoms with Crippen molar-refractivity contribution in [1.29, 1.82) is 0 Å². The molecule has 0 aromatic heterocycles. The standard InChI is InChI=1S/C18H17NO3S/c20-18-15(11-17(18)23-14-9-5-2-6-10-14)16(12-19(21)22)13-7-3-1-4-8-13/h1-10,15-17H,11-12H2/t15-,16-,17+/m0/s1. The van der Waals surface area contributed by atoms with Crippen molar-refractivity contribution in [3.63, 3.8) is 0 Å². The second-order valence-electron chi connectivity index (χ2n) is 5.70. The second-order valence-corrected chi connectivity index (χ2v) is 6.97. The fraction of sp³-hybridized carbons (Fsp3) is 0.278. The summed E-state index contributed by atoms with van der Waals surface area (Å²) in [6, 6.07) is 19.2. The van der Waals surface area contributed by atoms with Crippen LogP contribution in [0.3, 0.4) is 0 Å². The lowest BCUT2D eigenvalue weighted by atomic mass is 9.71. The number of carbonyl (C=O) groups excluding carboxylic acids is 1. The lowest BCUT2D eigenvalue weighted by molar-refractivity contribution is -0.484. The number of Topliss-reactive ketones (excluding diaryl/α,β-unsaturated/α-hetero) is 1. The third-order valence-electron chi connectivity index (χ3n) is 4.23. The molecule has 3 rings (SSSR count). The first-order valence-corrected chi connectivity index (χ1v) is 8.45. The van der Waals surface area contributed by atoms with Crippen LogP contribution < -0.4 is 0 Å². The van der Waals surface area contributed by atoms with E-state index in [0.717, 1.165) is 10.5 Å². The van der Waals surface area contributed by atoms with E-state index in [4.69, 9.17) is 0 Å². The van der Waals surface area contributed by atoms with Crippen molar-refractivity contribution in [3.8, 4) is 0 Å². The summed E-state index contributed by atoms with van der Waals surface area (Å²) >= 11 is 1.55. The summed E-state index contributed by atoms with van der Waals surface area (Å²) in [4.78, 5) is 24.3. The SMILES string of the molecule is O=C1[C@H]([C@@H](C[N+](=O)[O-])c2ccccc2)C[C@H]1Sc1ccccc1. The van der Waals surface area contributed by atoms with Gasteiger partial charge in [-0.1, -0.05) is 48.5 Å². The minimum absolute atomic E-state index is 0.0830. The van der Waals surface area contributed by atoms with Crippen LogP contribution in [-0.2, 0) is 4.79 Å². The highest BCUT2D eigenvalue weighted by Gasteiger charge is 2.46. The van der Waals surface area contributed by atoms with E-state index in [9.17, 15) is 14.9 Å². The van der Waals surface area contributed by atoms with Gasteiger partial charge in [0.2, 0.25) is 6.54 Å². The molecular formula is C18H17NO3S. The number of thioether (sulfide) groups is 1. The van der Waals surface area contributed by atoms with Gasteiger partial charge >= 0.3 is 0 Å². The Balaban J connectivity index is 1.70. The summed E-state index contributed by atoms with van der Waals surface area (Å²) in [5.41, 5.74) is 0.880. The molecule has 2 aromatic rings. The van der Waals surface area contributed by atoms with Crippen LogP contribution in [0.1, 0.15) is 17.9 Å². The molecule has 0 bridgehead atoms. The van der Waals surface area contributed by atoms with Crippen LogP contribution >= 0.6 is 11.8 Å². The van der Waals surface area contributed by atoms with Gasteiger partial charge in [-0.2, -0.15) is 0 Å². The molecule has 118 valence electrons. The van der Waals surface area contributed by atoms with Crippen LogP contribution in [0.5, 0.6) is 0 Å². The molecule has 1 aliphatic rings. The zero-order valence-corrected chi connectivity index (χ0v) is 13.3. The number of nitrogens with zero attached hydrogens (tertiary/aromatic N) is 1. The smallest absolute Gasteiger partial charge is 0.211 e. The topological polar surface area (TPSA) is 60.2 Å². The van der Waals surface area contributed by atoms with Crippen LogP contribution in [0, 0.1) is 16.0 Å². The third-order valence-corrected chi connectivity index (χ3v) is 5.49. The molecule has 4 nitrogen and oxygen atoms in total. The Morgan fingerprint density at radius 2 is 1.70 bits per heavy atom. The summed E-state index contributed by atoms with van der Waals surface area (Å²) in [6.07, 6.45) is 0.700. The normalized spacial score (nSPS) is 21.5. The van der Waals surface area contributed by atoms with Gasteiger partial charge < -0.3 is 0 Å². The van der Waals surface area contributed by atoms with Crippen LogP contribution in [0.2, 0.25) is 0 Å². The largest absolute Gasteiger partial charge is 0.298 e. The molecule has 1 aliphatic carbocycles. The van der Waals surface area contributed by atoms with E-state index >= 15 is 0 Å². The Morgan fingerprint density at radius 1 is 1.09 bits per heavy atom. The van der Waals surface area contributed by atoms with E-state index in [0.29, 0.717) is 6.42 Å². The number of ketones is 1. The quantitative estimate of drug-likeness (QED) is 0.598. The predicted octanol–water partition coefficient (Wildman–Crippen LogP) is 3.80. The fourth-order valence-electron chi connectivity index (χ4n) is 3.00. The number of carbonyl (C=O) groups is 1. The second kappa shape index (κ2) is 6.96. The van der Waals surface area contributed by atoms with E-state index in [-0.39, 0.29) is 34.3 Å². The minimum atomic E-state index is -0.327. The molecule has 0 radical (unpaired) electrons. The molecule has 2 aromatic carbocycles. The molecule has 0 aliphatic heterocycles. The molecule has 0 unspecified atom stereocenters. The molecule has 0 saturated heterocycles. The zero-order valence-electron chi connectivity index (χ0n) is 12.5. The molecule has 5 heteroatoms. The Labute approximate surface area is 139 Å². The van der Waals surface area contributed by atoms with Crippen molar-refractivity contribution in [2.24, 2.45) is 5.92 Å². The molecule has 1 fully saturated rings. The molecule has 0 amide bonds. The zero-order chi connectivity index (χ0) is 16.2. The van der Waals surface area contributed by atoms with Gasteiger partial charge in [0.25, 0.3) is 0 Å². The number of rotatable bonds is 6. The number of nitro groups is 1. The molecule has 3 atom stereocenters. The number of hydrogen-bond acceptors (Lipinski definition) is 4. The molecule has 0 heterocycles. The molecular weight excluding hydrogens is 310 g/mol. The van der Waals surface area contributed by atoms with Crippen molar-refractivity contribution < 1.29 is 9.72 Å². The third kappa shape index (κ3) is 3.62. The van der Waals surface area contributed by atoms with E-state index < -0.39 is 0 Å². The van der Waals surface area contributed by atoms with Crippen molar-refractivity contribution in [2.75, 3.05) is 6.54 Å². The van der Waals surface area contributed by atoms with E-state index in [1.165, 1.54) is 0 Å². The van der Waals surface area contributed by atoms with Crippen molar-refractivity contribution in [1.82, 2.24) is 0 Å². The maximum absolute atomic E-state index is 12.5. The highest BCUT2D eigenvalue weighted by molar-refractivity contribution is 8.00. The first-order valence-electron chi connectivity index (χ1n) is 7.57. The maximum Gasteiger partial charge on any atom is 0.211 e. The lowest BCUT2D eigenvalue weighted by Crippen LogP contribution is -2.44. The Kier molecular flexibility index (Phi) is 4.76. The minimum Gasteiger partial charge on any atom is -0.298 e.